The average molecular weight is 373 g/mol. The number of primary amides is 1. The van der Waals surface area contributed by atoms with Crippen molar-refractivity contribution in [3.63, 3.8) is 0 Å². The maximum atomic E-state index is 13.0. The van der Waals surface area contributed by atoms with E-state index in [1.165, 1.54) is 12.1 Å². The predicted molar refractivity (Wildman–Crippen MR) is 101 cm³/mol. The van der Waals surface area contributed by atoms with Crippen molar-refractivity contribution < 1.29 is 19.1 Å². The number of allylic oxidation sites excluding steroid dienone is 1. The summed E-state index contributed by atoms with van der Waals surface area (Å²) in [6.07, 6.45) is 7.96. The molecule has 6 nitrogen and oxygen atoms in total. The van der Waals surface area contributed by atoms with Crippen molar-refractivity contribution in [2.45, 2.75) is 38.6 Å². The summed E-state index contributed by atoms with van der Waals surface area (Å²) in [6.45, 7) is 0.499. The first kappa shape index (κ1) is 20.4. The number of nitrogens with two attached hydrogens (primary N) is 1. The van der Waals surface area contributed by atoms with Gasteiger partial charge in [0.15, 0.2) is 0 Å². The molecule has 1 aromatic rings. The van der Waals surface area contributed by atoms with Gasteiger partial charge in [-0.05, 0) is 49.5 Å². The Balaban J connectivity index is 1.96. The molecule has 0 fully saturated rings. The first-order chi connectivity index (χ1) is 13.0. The number of amides is 1. The summed E-state index contributed by atoms with van der Waals surface area (Å²) in [4.78, 5) is 26.4. The summed E-state index contributed by atoms with van der Waals surface area (Å²) >= 11 is 0. The minimum Gasteiger partial charge on any atom is -0.481 e. The van der Waals surface area contributed by atoms with E-state index in [0.717, 1.165) is 17.7 Å². The zero-order valence-corrected chi connectivity index (χ0v) is 15.0. The summed E-state index contributed by atoms with van der Waals surface area (Å²) in [5.41, 5.74) is 7.74. The van der Waals surface area contributed by atoms with Crippen LogP contribution in [0.15, 0.2) is 52.8 Å². The number of carboxylic acids is 1. The molecule has 0 radical (unpaired) electrons. The minimum absolute atomic E-state index is 0.144. The van der Waals surface area contributed by atoms with E-state index in [-0.39, 0.29) is 12.2 Å². The van der Waals surface area contributed by atoms with Crippen molar-refractivity contribution in [3.8, 4) is 0 Å². The Hall–Kier alpha value is -2.96. The number of carbonyl (C=O) groups excluding carboxylic acids is 1. The highest BCUT2D eigenvalue weighted by molar-refractivity contribution is 5.79. The number of aliphatic carboxylic acids is 1. The molecule has 1 aromatic carbocycles. The number of nitrogens with one attached hydrogen (secondary N) is 1. The summed E-state index contributed by atoms with van der Waals surface area (Å²) in [5.74, 6) is -1.90. The number of carboxylic acid groups (broad SMARTS) is 1. The van der Waals surface area contributed by atoms with Crippen molar-refractivity contribution in [1.82, 2.24) is 5.32 Å². The highest BCUT2D eigenvalue weighted by atomic mass is 19.1. The van der Waals surface area contributed by atoms with Crippen LogP contribution in [0.1, 0.15) is 37.7 Å². The Morgan fingerprint density at radius 1 is 1.30 bits per heavy atom. The van der Waals surface area contributed by atoms with E-state index in [9.17, 15) is 14.0 Å². The van der Waals surface area contributed by atoms with Crippen LogP contribution in [0.2, 0.25) is 0 Å². The monoisotopic (exact) mass is 373 g/mol. The fraction of sp³-hybridized carbons (Fsp3) is 0.350. The molecule has 1 atom stereocenters. The summed E-state index contributed by atoms with van der Waals surface area (Å²) in [5, 5.41) is 11.9. The van der Waals surface area contributed by atoms with Crippen molar-refractivity contribution in [2.75, 3.05) is 0 Å². The second kappa shape index (κ2) is 10.3. The Morgan fingerprint density at radius 3 is 2.70 bits per heavy atom. The fourth-order valence-corrected chi connectivity index (χ4v) is 2.65. The number of benzene rings is 1. The first-order valence-corrected chi connectivity index (χ1v) is 8.90. The highest BCUT2D eigenvalue weighted by Crippen LogP contribution is 2.23. The number of hydrogen-bond acceptors (Lipinski definition) is 4. The summed E-state index contributed by atoms with van der Waals surface area (Å²) < 4.78 is 13.0. The maximum Gasteiger partial charge on any atom is 0.303 e. The van der Waals surface area contributed by atoms with Gasteiger partial charge in [0.05, 0.1) is 17.3 Å². The Bertz CT molecular complexity index is 754. The van der Waals surface area contributed by atoms with Crippen LogP contribution in [0.4, 0.5) is 4.39 Å². The number of hydrogen-bond donors (Lipinski definition) is 3. The van der Waals surface area contributed by atoms with Crippen molar-refractivity contribution >= 4 is 18.1 Å². The molecule has 0 heterocycles. The highest BCUT2D eigenvalue weighted by Gasteiger charge is 2.19. The first-order valence-electron chi connectivity index (χ1n) is 8.90. The van der Waals surface area contributed by atoms with Crippen LogP contribution < -0.4 is 11.1 Å². The Kier molecular flexibility index (Phi) is 7.73. The van der Waals surface area contributed by atoms with Gasteiger partial charge in [0.25, 0.3) is 0 Å². The number of aliphatic imine (C=N–C) groups is 1. The lowest BCUT2D eigenvalue weighted by Crippen LogP contribution is -2.25. The smallest absolute Gasteiger partial charge is 0.303 e. The van der Waals surface area contributed by atoms with E-state index in [4.69, 9.17) is 10.8 Å². The molecule has 1 aliphatic carbocycles. The molecule has 144 valence electrons. The van der Waals surface area contributed by atoms with Gasteiger partial charge in [0.2, 0.25) is 5.91 Å². The zero-order valence-electron chi connectivity index (χ0n) is 15.0. The van der Waals surface area contributed by atoms with Crippen molar-refractivity contribution in [1.29, 1.82) is 0 Å². The fourth-order valence-electron chi connectivity index (χ4n) is 2.65. The van der Waals surface area contributed by atoms with Gasteiger partial charge in [0, 0.05) is 19.2 Å². The third-order valence-corrected chi connectivity index (χ3v) is 4.18. The number of rotatable bonds is 10. The molecular formula is C20H24FN3O3. The standard InChI is InChI=1S/C20H24FN3O3/c21-16-8-5-14(6-9-16)13-24-17-10-7-15(20(22)27)12-18(17)23-11-3-1-2-4-19(25)26/h5-6,8-12,15,24H,1-4,7,13H2,(H2,22,27)(H,25,26). The number of unbranched alkanes of at least 4 members (excludes halogenated alkanes) is 2. The predicted octanol–water partition coefficient (Wildman–Crippen LogP) is 2.90. The average Bonchev–Trinajstić information content (AvgIpc) is 2.64. The maximum absolute atomic E-state index is 13.0. The lowest BCUT2D eigenvalue weighted by molar-refractivity contribution is -0.137. The molecule has 27 heavy (non-hydrogen) atoms. The molecule has 1 aliphatic rings. The van der Waals surface area contributed by atoms with E-state index in [1.54, 1.807) is 24.4 Å². The zero-order chi connectivity index (χ0) is 19.6. The molecule has 7 heteroatoms. The lowest BCUT2D eigenvalue weighted by atomic mass is 9.96. The van der Waals surface area contributed by atoms with Gasteiger partial charge in [-0.15, -0.1) is 0 Å². The van der Waals surface area contributed by atoms with E-state index in [1.807, 2.05) is 6.08 Å². The molecule has 0 aliphatic heterocycles. The number of halogens is 1. The molecule has 4 N–H and O–H groups in total. The topological polar surface area (TPSA) is 105 Å². The molecule has 0 saturated carbocycles. The van der Waals surface area contributed by atoms with E-state index >= 15 is 0 Å². The molecule has 0 spiro atoms. The molecule has 0 bridgehead atoms. The summed E-state index contributed by atoms with van der Waals surface area (Å²) in [7, 11) is 0. The van der Waals surface area contributed by atoms with Gasteiger partial charge in [-0.2, -0.15) is 0 Å². The number of carbonyl (C=O) groups is 2. The van der Waals surface area contributed by atoms with Gasteiger partial charge < -0.3 is 16.2 Å². The van der Waals surface area contributed by atoms with Gasteiger partial charge in [-0.3, -0.25) is 14.6 Å². The van der Waals surface area contributed by atoms with Crippen LogP contribution in [0, 0.1) is 11.7 Å². The molecule has 0 aromatic heterocycles. The molecular weight excluding hydrogens is 349 g/mol. The van der Waals surface area contributed by atoms with Gasteiger partial charge >= 0.3 is 5.97 Å². The third-order valence-electron chi connectivity index (χ3n) is 4.18. The van der Waals surface area contributed by atoms with Crippen LogP contribution >= 0.6 is 0 Å². The van der Waals surface area contributed by atoms with E-state index in [2.05, 4.69) is 10.3 Å². The van der Waals surface area contributed by atoms with Crippen LogP contribution in [-0.2, 0) is 16.1 Å². The van der Waals surface area contributed by atoms with Crippen LogP contribution in [-0.4, -0.2) is 23.2 Å². The lowest BCUT2D eigenvalue weighted by Gasteiger charge is -2.19. The molecule has 0 saturated heterocycles. The normalized spacial score (nSPS) is 16.7. The van der Waals surface area contributed by atoms with E-state index < -0.39 is 17.8 Å². The third kappa shape index (κ3) is 7.05. The molecule has 1 amide bonds. The second-order valence-corrected chi connectivity index (χ2v) is 6.35. The van der Waals surface area contributed by atoms with Crippen molar-refractivity contribution in [2.24, 2.45) is 16.6 Å². The quantitative estimate of drug-likeness (QED) is 0.433. The Labute approximate surface area is 157 Å². The number of nitrogens with zero attached hydrogens (tertiary/aromatic N) is 1. The molecule has 1 unspecified atom stereocenters. The Morgan fingerprint density at radius 2 is 2.04 bits per heavy atom. The van der Waals surface area contributed by atoms with Crippen LogP contribution in [0.5, 0.6) is 0 Å². The van der Waals surface area contributed by atoms with Gasteiger partial charge in [-0.1, -0.05) is 18.2 Å². The molecule has 2 rings (SSSR count). The van der Waals surface area contributed by atoms with Crippen molar-refractivity contribution in [3.05, 3.63) is 59.2 Å². The SMILES string of the molecule is NC(=O)C1C=C(N=CCCCCC(=O)O)C(NCc2ccc(F)cc2)=CC1. The second-order valence-electron chi connectivity index (χ2n) is 6.35. The van der Waals surface area contributed by atoms with E-state index in [0.29, 0.717) is 31.5 Å². The van der Waals surface area contributed by atoms with Gasteiger partial charge in [-0.25, -0.2) is 4.39 Å². The summed E-state index contributed by atoms with van der Waals surface area (Å²) in [6, 6.07) is 6.21. The minimum atomic E-state index is -0.804. The largest absolute Gasteiger partial charge is 0.481 e. The van der Waals surface area contributed by atoms with Crippen LogP contribution in [0.25, 0.3) is 0 Å². The van der Waals surface area contributed by atoms with Crippen LogP contribution in [0.3, 0.4) is 0 Å². The van der Waals surface area contributed by atoms with Gasteiger partial charge in [0.1, 0.15) is 5.82 Å².